The van der Waals surface area contributed by atoms with E-state index in [0.29, 0.717) is 0 Å². The average molecular weight is 885 g/mol. The minimum absolute atomic E-state index is 0.141. The van der Waals surface area contributed by atoms with Crippen molar-refractivity contribution in [1.29, 1.82) is 0 Å². The molecule has 0 amide bonds. The molecule has 0 atom stereocenters. The summed E-state index contributed by atoms with van der Waals surface area (Å²) >= 11 is 0. The number of hydrogen-bond donors (Lipinski definition) is 0. The van der Waals surface area contributed by atoms with Gasteiger partial charge in [-0.3, -0.25) is 0 Å². The molecule has 0 unspecified atom stereocenters. The summed E-state index contributed by atoms with van der Waals surface area (Å²) in [6, 6.07) is 90.6. The van der Waals surface area contributed by atoms with Gasteiger partial charge in [-0.25, -0.2) is 0 Å². The largest absolute Gasteiger partial charge is 0.310 e. The summed E-state index contributed by atoms with van der Waals surface area (Å²) in [6.07, 6.45) is 0. The van der Waals surface area contributed by atoms with Gasteiger partial charge in [-0.1, -0.05) is 210 Å². The van der Waals surface area contributed by atoms with Crippen LogP contribution >= 0.6 is 0 Å². The standard InChI is InChI=1S/C67H52N2/c1-65(2)57-31-16-14-29-53(57)55-38-36-51(43-61(55)65)68(52-37-39-56-54-30-15-17-32-58(54)66(3,4)62(56)44-52)50-28-20-21-45(41-50)46-35-40-60-64(42-46)69(49-26-12-7-13-27-49)63-34-19-18-33-59(63)67(60,47-22-8-5-9-23-47)48-24-10-6-11-25-48/h5-44H,1-4H3. The zero-order valence-electron chi connectivity index (χ0n) is 39.5. The van der Waals surface area contributed by atoms with Crippen LogP contribution in [0.15, 0.2) is 243 Å². The van der Waals surface area contributed by atoms with Crippen LogP contribution in [0.3, 0.4) is 0 Å². The topological polar surface area (TPSA) is 6.48 Å². The molecule has 2 aliphatic carbocycles. The Morgan fingerprint density at radius 3 is 1.33 bits per heavy atom. The lowest BCUT2D eigenvalue weighted by Crippen LogP contribution is -2.37. The van der Waals surface area contributed by atoms with Crippen LogP contribution < -0.4 is 9.80 Å². The van der Waals surface area contributed by atoms with Gasteiger partial charge in [0, 0.05) is 33.6 Å². The molecule has 2 nitrogen and oxygen atoms in total. The highest BCUT2D eigenvalue weighted by atomic mass is 15.2. The van der Waals surface area contributed by atoms with Gasteiger partial charge in [0.1, 0.15) is 0 Å². The second-order valence-corrected chi connectivity index (χ2v) is 20.1. The molecule has 1 aliphatic heterocycles. The maximum absolute atomic E-state index is 2.49. The molecule has 0 fully saturated rings. The summed E-state index contributed by atoms with van der Waals surface area (Å²) in [5.41, 5.74) is 24.1. The zero-order valence-corrected chi connectivity index (χ0v) is 39.5. The quantitative estimate of drug-likeness (QED) is 0.157. The Morgan fingerprint density at radius 2 is 0.754 bits per heavy atom. The van der Waals surface area contributed by atoms with Gasteiger partial charge < -0.3 is 9.80 Å². The van der Waals surface area contributed by atoms with Crippen molar-refractivity contribution in [3.63, 3.8) is 0 Å². The average Bonchev–Trinajstić information content (AvgIpc) is 3.77. The first-order chi connectivity index (χ1) is 33.7. The van der Waals surface area contributed by atoms with Crippen molar-refractivity contribution in [2.45, 2.75) is 43.9 Å². The van der Waals surface area contributed by atoms with Crippen LogP contribution in [0.5, 0.6) is 0 Å². The fraction of sp³-hybridized carbons (Fsp3) is 0.104. The summed E-state index contributed by atoms with van der Waals surface area (Å²) in [7, 11) is 0. The molecule has 0 saturated carbocycles. The predicted molar refractivity (Wildman–Crippen MR) is 288 cm³/mol. The summed E-state index contributed by atoms with van der Waals surface area (Å²) in [6.45, 7) is 9.50. The third-order valence-electron chi connectivity index (χ3n) is 15.7. The third kappa shape index (κ3) is 6.04. The van der Waals surface area contributed by atoms with Gasteiger partial charge >= 0.3 is 0 Å². The summed E-state index contributed by atoms with van der Waals surface area (Å²) in [5.74, 6) is 0. The number of nitrogens with zero attached hydrogens (tertiary/aromatic N) is 2. The Labute approximate surface area is 406 Å². The van der Waals surface area contributed by atoms with E-state index >= 15 is 0 Å². The minimum atomic E-state index is -0.571. The molecule has 0 radical (unpaired) electrons. The fourth-order valence-electron chi connectivity index (χ4n) is 12.4. The van der Waals surface area contributed by atoms with Gasteiger partial charge in [0.25, 0.3) is 0 Å². The highest BCUT2D eigenvalue weighted by molar-refractivity contribution is 5.93. The van der Waals surface area contributed by atoms with Crippen LogP contribution in [0, 0.1) is 0 Å². The molecule has 330 valence electrons. The van der Waals surface area contributed by atoms with E-state index in [1.54, 1.807) is 0 Å². The van der Waals surface area contributed by atoms with Gasteiger partial charge in [-0.15, -0.1) is 0 Å². The molecule has 13 rings (SSSR count). The summed E-state index contributed by atoms with van der Waals surface area (Å²) in [5, 5.41) is 0. The second-order valence-electron chi connectivity index (χ2n) is 20.1. The lowest BCUT2D eigenvalue weighted by molar-refractivity contribution is 0.660. The molecule has 1 heterocycles. The van der Waals surface area contributed by atoms with E-state index in [0.717, 1.165) is 39.6 Å². The molecule has 0 spiro atoms. The lowest BCUT2D eigenvalue weighted by atomic mass is 9.62. The third-order valence-corrected chi connectivity index (χ3v) is 15.7. The lowest BCUT2D eigenvalue weighted by Gasteiger charge is -2.46. The van der Waals surface area contributed by atoms with E-state index in [1.165, 1.54) is 72.4 Å². The minimum Gasteiger partial charge on any atom is -0.310 e. The molecule has 0 aromatic heterocycles. The van der Waals surface area contributed by atoms with Crippen molar-refractivity contribution in [2.75, 3.05) is 9.80 Å². The molecule has 0 saturated heterocycles. The first-order valence-corrected chi connectivity index (χ1v) is 24.3. The van der Waals surface area contributed by atoms with Crippen molar-refractivity contribution in [2.24, 2.45) is 0 Å². The predicted octanol–water partition coefficient (Wildman–Crippen LogP) is 17.6. The van der Waals surface area contributed by atoms with Crippen molar-refractivity contribution in [3.05, 3.63) is 287 Å². The van der Waals surface area contributed by atoms with E-state index in [-0.39, 0.29) is 10.8 Å². The van der Waals surface area contributed by atoms with Crippen LogP contribution in [0.1, 0.15) is 72.2 Å². The zero-order chi connectivity index (χ0) is 46.5. The molecular formula is C67H52N2. The van der Waals surface area contributed by atoms with Gasteiger partial charge in [0.15, 0.2) is 0 Å². The van der Waals surface area contributed by atoms with Gasteiger partial charge in [-0.05, 0) is 139 Å². The molecule has 69 heavy (non-hydrogen) atoms. The number of anilines is 6. The SMILES string of the molecule is CC1(C)c2ccccc2-c2ccc(N(c3cccc(-c4ccc5c(c4)N(c4ccccc4)c4ccccc4C5(c4ccccc4)c4ccccc4)c3)c3ccc4c(c3)C(C)(C)c3ccccc3-4)cc21. The number of hydrogen-bond acceptors (Lipinski definition) is 2. The molecular weight excluding hydrogens is 833 g/mol. The summed E-state index contributed by atoms with van der Waals surface area (Å²) < 4.78 is 0. The van der Waals surface area contributed by atoms with Crippen LogP contribution in [0.2, 0.25) is 0 Å². The van der Waals surface area contributed by atoms with Crippen LogP contribution in [-0.4, -0.2) is 0 Å². The molecule has 10 aromatic rings. The van der Waals surface area contributed by atoms with Crippen LogP contribution in [0.4, 0.5) is 34.1 Å². The van der Waals surface area contributed by atoms with Gasteiger partial charge in [-0.2, -0.15) is 0 Å². The van der Waals surface area contributed by atoms with E-state index < -0.39 is 5.41 Å². The highest BCUT2D eigenvalue weighted by Gasteiger charge is 2.46. The smallest absolute Gasteiger partial charge is 0.0742 e. The van der Waals surface area contributed by atoms with Crippen LogP contribution in [-0.2, 0) is 16.2 Å². The van der Waals surface area contributed by atoms with Crippen molar-refractivity contribution >= 4 is 34.1 Å². The van der Waals surface area contributed by atoms with Crippen molar-refractivity contribution in [1.82, 2.24) is 0 Å². The Kier molecular flexibility index (Phi) is 9.17. The van der Waals surface area contributed by atoms with Gasteiger partial charge in [0.05, 0.1) is 16.8 Å². The Balaban J connectivity index is 1.02. The van der Waals surface area contributed by atoms with Crippen molar-refractivity contribution in [3.8, 4) is 33.4 Å². The molecule has 0 bridgehead atoms. The van der Waals surface area contributed by atoms with E-state index in [4.69, 9.17) is 0 Å². The first-order valence-electron chi connectivity index (χ1n) is 24.3. The first kappa shape index (κ1) is 41.0. The summed E-state index contributed by atoms with van der Waals surface area (Å²) in [4.78, 5) is 4.96. The Hall–Kier alpha value is -8.20. The van der Waals surface area contributed by atoms with E-state index in [2.05, 4.69) is 280 Å². The van der Waals surface area contributed by atoms with Gasteiger partial charge in [0.2, 0.25) is 0 Å². The molecule has 10 aromatic carbocycles. The molecule has 2 heteroatoms. The number of benzene rings is 10. The van der Waals surface area contributed by atoms with E-state index in [1.807, 2.05) is 0 Å². The van der Waals surface area contributed by atoms with Crippen LogP contribution in [0.25, 0.3) is 33.4 Å². The highest BCUT2D eigenvalue weighted by Crippen LogP contribution is 2.59. The van der Waals surface area contributed by atoms with E-state index in [9.17, 15) is 0 Å². The maximum atomic E-state index is 2.49. The molecule has 0 N–H and O–H groups in total. The number of fused-ring (bicyclic) bond motifs is 8. The Bertz CT molecular complexity index is 3480. The normalized spacial score (nSPS) is 15.0. The second kappa shape index (κ2) is 15.4. The number of rotatable bonds is 7. The monoisotopic (exact) mass is 884 g/mol. The Morgan fingerprint density at radius 1 is 0.304 bits per heavy atom. The van der Waals surface area contributed by atoms with Crippen molar-refractivity contribution < 1.29 is 0 Å². The maximum Gasteiger partial charge on any atom is 0.0742 e. The number of para-hydroxylation sites is 2. The molecule has 3 aliphatic rings. The fourth-order valence-corrected chi connectivity index (χ4v) is 12.4.